The second-order valence-electron chi connectivity index (χ2n) is 17.7. The first-order valence-corrected chi connectivity index (χ1v) is 22.5. The van der Waals surface area contributed by atoms with E-state index >= 15 is 0 Å². The van der Waals surface area contributed by atoms with E-state index in [0.717, 1.165) is 93.9 Å². The summed E-state index contributed by atoms with van der Waals surface area (Å²) in [6, 6.07) is 30.5. The first-order chi connectivity index (χ1) is 31.1. The molecule has 3 saturated heterocycles. The molecule has 0 saturated carbocycles. The molecule has 6 aromatic rings. The highest BCUT2D eigenvalue weighted by Crippen LogP contribution is 2.36. The minimum absolute atomic E-state index is 0.101. The van der Waals surface area contributed by atoms with Gasteiger partial charge in [0, 0.05) is 31.7 Å². The average Bonchev–Trinajstić information content (AvgIpc) is 4.18. The van der Waals surface area contributed by atoms with E-state index in [0.29, 0.717) is 32.6 Å². The first kappa shape index (κ1) is 42.8. The number of hydrogen-bond acceptors (Lipinski definition) is 8. The standard InChI is InChI=1S/C50H57N9O5/c1-31(2)45(56-50(63)64-3)48(61)59-23-8-12-44(59)47-52-28-41(54-47)38-20-19-36-25-35(17-18-37(36)26-38)32-13-15-34(16-14-32)40-27-51-46(53-40)43-11-7-22-57(43)30-42(33-9-5-4-6-10-33)55-49(62)58-24-21-39(60)29-58/h4-6,9-10,13-20,25-28,31,39,42-45,60H,7-8,11-12,21-24,29-30H2,1-3H3,(H,51,53)(H,52,54)(H,55,62)(H,56,63). The molecule has 64 heavy (non-hydrogen) atoms. The second-order valence-corrected chi connectivity index (χ2v) is 17.7. The van der Waals surface area contributed by atoms with Gasteiger partial charge < -0.3 is 40.2 Å². The van der Waals surface area contributed by atoms with Gasteiger partial charge in [-0.2, -0.15) is 0 Å². The zero-order valence-electron chi connectivity index (χ0n) is 36.7. The van der Waals surface area contributed by atoms with Gasteiger partial charge in [0.05, 0.1) is 55.1 Å². The van der Waals surface area contributed by atoms with Crippen LogP contribution >= 0.6 is 0 Å². The molecular weight excluding hydrogens is 807 g/mol. The smallest absolute Gasteiger partial charge is 0.407 e. The zero-order chi connectivity index (χ0) is 44.3. The fourth-order valence-electron chi connectivity index (χ4n) is 9.61. The van der Waals surface area contributed by atoms with Gasteiger partial charge >= 0.3 is 12.1 Å². The van der Waals surface area contributed by atoms with Crippen LogP contribution < -0.4 is 10.6 Å². The molecule has 2 aromatic heterocycles. The first-order valence-electron chi connectivity index (χ1n) is 22.5. The number of fused-ring (bicyclic) bond motifs is 1. The summed E-state index contributed by atoms with van der Waals surface area (Å²) in [6.07, 6.45) is 6.94. The Balaban J connectivity index is 0.854. The van der Waals surface area contributed by atoms with Crippen LogP contribution in [-0.4, -0.2) is 110 Å². The molecule has 0 spiro atoms. The van der Waals surface area contributed by atoms with Crippen LogP contribution in [0.15, 0.2) is 103 Å². The molecule has 0 bridgehead atoms. The van der Waals surface area contributed by atoms with Crippen molar-refractivity contribution in [3.05, 3.63) is 121 Å². The van der Waals surface area contributed by atoms with Crippen molar-refractivity contribution >= 4 is 28.8 Å². The van der Waals surface area contributed by atoms with Gasteiger partial charge in [-0.3, -0.25) is 9.69 Å². The molecule has 3 aliphatic heterocycles. The number of carbonyl (C=O) groups is 3. The Morgan fingerprint density at radius 3 is 2.06 bits per heavy atom. The molecule has 5 N–H and O–H groups in total. The number of H-pyrrole nitrogens is 2. The minimum Gasteiger partial charge on any atom is -0.453 e. The number of carbonyl (C=O) groups excluding carboxylic acids is 3. The Labute approximate surface area is 373 Å². The van der Waals surface area contributed by atoms with E-state index in [-0.39, 0.29) is 36.0 Å². The molecule has 0 aliphatic carbocycles. The van der Waals surface area contributed by atoms with Gasteiger partial charge in [0.2, 0.25) is 5.91 Å². The van der Waals surface area contributed by atoms with Gasteiger partial charge in [-0.1, -0.05) is 92.7 Å². The number of nitrogens with zero attached hydrogens (tertiary/aromatic N) is 5. The van der Waals surface area contributed by atoms with Gasteiger partial charge in [0.1, 0.15) is 17.7 Å². The van der Waals surface area contributed by atoms with Crippen molar-refractivity contribution in [2.45, 2.75) is 76.2 Å². The molecule has 3 aliphatic rings. The SMILES string of the molecule is COC(=O)NC(C(=O)N1CCCC1c1ncc(-c2ccc3cc(-c4ccc(-c5cnc(C6CCCN6CC(NC(=O)N6CCC(O)C6)c6ccccc6)[nH]5)cc4)ccc3c2)[nH]1)C(C)C. The largest absolute Gasteiger partial charge is 0.453 e. The van der Waals surface area contributed by atoms with E-state index < -0.39 is 18.2 Å². The van der Waals surface area contributed by atoms with Crippen molar-refractivity contribution in [3.8, 4) is 33.6 Å². The van der Waals surface area contributed by atoms with Gasteiger partial charge in [-0.25, -0.2) is 19.6 Å². The van der Waals surface area contributed by atoms with E-state index in [1.807, 2.05) is 49.3 Å². The summed E-state index contributed by atoms with van der Waals surface area (Å²) in [7, 11) is 1.30. The third-order valence-electron chi connectivity index (χ3n) is 13.2. The topological polar surface area (TPSA) is 172 Å². The quantitative estimate of drug-likeness (QED) is 0.0824. The molecule has 4 aromatic carbocycles. The maximum Gasteiger partial charge on any atom is 0.407 e. The van der Waals surface area contributed by atoms with E-state index in [9.17, 15) is 19.5 Å². The van der Waals surface area contributed by atoms with Crippen LogP contribution in [0.1, 0.15) is 81.3 Å². The number of hydrogen-bond donors (Lipinski definition) is 5. The maximum absolute atomic E-state index is 13.6. The fourth-order valence-corrected chi connectivity index (χ4v) is 9.61. The number of amides is 4. The fraction of sp³-hybridized carbons (Fsp3) is 0.380. The van der Waals surface area contributed by atoms with Crippen molar-refractivity contribution in [3.63, 3.8) is 0 Å². The number of alkyl carbamates (subject to hydrolysis) is 1. The second kappa shape index (κ2) is 18.7. The third-order valence-corrected chi connectivity index (χ3v) is 13.2. The van der Waals surface area contributed by atoms with E-state index in [4.69, 9.17) is 14.7 Å². The van der Waals surface area contributed by atoms with Crippen molar-refractivity contribution in [2.24, 2.45) is 5.92 Å². The number of β-amino-alcohol motifs (C(OH)–C–C–N with tert-alkyl or cyclic N) is 1. The van der Waals surface area contributed by atoms with Gasteiger partial charge in [0.25, 0.3) is 0 Å². The third kappa shape index (κ3) is 9.11. The van der Waals surface area contributed by atoms with E-state index in [2.05, 4.69) is 98.3 Å². The lowest BCUT2D eigenvalue weighted by molar-refractivity contribution is -0.135. The number of benzene rings is 4. The predicted molar refractivity (Wildman–Crippen MR) is 246 cm³/mol. The normalized spacial score (nSPS) is 19.9. The highest BCUT2D eigenvalue weighted by Gasteiger charge is 2.38. The number of imidazole rings is 2. The number of ether oxygens (including phenoxy) is 1. The molecule has 0 radical (unpaired) electrons. The van der Waals surface area contributed by atoms with Crippen molar-refractivity contribution < 1.29 is 24.2 Å². The van der Waals surface area contributed by atoms with Crippen LogP contribution in [0.25, 0.3) is 44.4 Å². The molecule has 14 heteroatoms. The molecule has 332 valence electrons. The van der Waals surface area contributed by atoms with Gasteiger partial charge in [0.15, 0.2) is 0 Å². The number of nitrogens with one attached hydrogen (secondary N) is 4. The lowest BCUT2D eigenvalue weighted by Gasteiger charge is -2.30. The van der Waals surface area contributed by atoms with Crippen molar-refractivity contribution in [2.75, 3.05) is 39.8 Å². The minimum atomic E-state index is -0.684. The van der Waals surface area contributed by atoms with Crippen molar-refractivity contribution in [1.29, 1.82) is 0 Å². The van der Waals surface area contributed by atoms with Crippen LogP contribution in [0.5, 0.6) is 0 Å². The number of likely N-dealkylation sites (tertiary alicyclic amines) is 3. The molecule has 14 nitrogen and oxygen atoms in total. The van der Waals surface area contributed by atoms with Crippen molar-refractivity contribution in [1.82, 2.24) is 45.3 Å². The van der Waals surface area contributed by atoms with Gasteiger partial charge in [-0.15, -0.1) is 0 Å². The summed E-state index contributed by atoms with van der Waals surface area (Å²) in [4.78, 5) is 61.6. The van der Waals surface area contributed by atoms with Crippen LogP contribution in [0, 0.1) is 5.92 Å². The average molecular weight is 864 g/mol. The Morgan fingerprint density at radius 2 is 1.38 bits per heavy atom. The highest BCUT2D eigenvalue weighted by molar-refractivity contribution is 5.91. The Kier molecular flexibility index (Phi) is 12.5. The number of aliphatic hydroxyl groups is 1. The molecule has 3 fully saturated rings. The number of rotatable bonds is 12. The van der Waals surface area contributed by atoms with Crippen LogP contribution in [-0.2, 0) is 9.53 Å². The lowest BCUT2D eigenvalue weighted by Crippen LogP contribution is -2.51. The lowest BCUT2D eigenvalue weighted by atomic mass is 9.98. The molecule has 5 heterocycles. The number of aliphatic hydroxyl groups excluding tert-OH is 1. The van der Waals surface area contributed by atoms with Crippen LogP contribution in [0.2, 0.25) is 0 Å². The maximum atomic E-state index is 13.6. The van der Waals surface area contributed by atoms with Crippen LogP contribution in [0.4, 0.5) is 9.59 Å². The summed E-state index contributed by atoms with van der Waals surface area (Å²) in [5.74, 6) is 1.44. The zero-order valence-corrected chi connectivity index (χ0v) is 36.7. The summed E-state index contributed by atoms with van der Waals surface area (Å²) in [5.41, 5.74) is 7.20. The van der Waals surface area contributed by atoms with Crippen LogP contribution in [0.3, 0.4) is 0 Å². The molecule has 4 amide bonds. The molecule has 9 rings (SSSR count). The summed E-state index contributed by atoms with van der Waals surface area (Å²) >= 11 is 0. The number of aromatic amines is 2. The highest BCUT2D eigenvalue weighted by atomic mass is 16.5. The number of methoxy groups -OCH3 is 1. The van der Waals surface area contributed by atoms with Gasteiger partial charge in [-0.05, 0) is 89.7 Å². The molecule has 5 unspecified atom stereocenters. The monoisotopic (exact) mass is 863 g/mol. The van der Waals surface area contributed by atoms with E-state index in [1.165, 1.54) is 7.11 Å². The Hall–Kier alpha value is -6.51. The molecule has 5 atom stereocenters. The Morgan fingerprint density at radius 1 is 0.750 bits per heavy atom. The molecular formula is C50H57N9O5. The van der Waals surface area contributed by atoms with E-state index in [1.54, 1.807) is 4.90 Å². The number of urea groups is 1. The summed E-state index contributed by atoms with van der Waals surface area (Å²) in [6.45, 7) is 6.91. The predicted octanol–water partition coefficient (Wildman–Crippen LogP) is 7.99. The Bertz CT molecular complexity index is 2590. The summed E-state index contributed by atoms with van der Waals surface area (Å²) in [5, 5.41) is 18.2. The number of aromatic nitrogens is 4. The summed E-state index contributed by atoms with van der Waals surface area (Å²) < 4.78 is 4.78.